The van der Waals surface area contributed by atoms with Crippen molar-refractivity contribution >= 4 is 33.3 Å². The summed E-state index contributed by atoms with van der Waals surface area (Å²) in [4.78, 5) is 23.1. The lowest BCUT2D eigenvalue weighted by Gasteiger charge is -2.15. The molecule has 0 aromatic heterocycles. The number of carboxylic acid groups (broad SMARTS) is 1. The third-order valence-corrected chi connectivity index (χ3v) is 4.82. The zero-order valence-electron chi connectivity index (χ0n) is 12.2. The quantitative estimate of drug-likeness (QED) is 0.781. The molecule has 0 saturated carbocycles. The molecule has 1 aromatic carbocycles. The van der Waals surface area contributed by atoms with E-state index in [-0.39, 0.29) is 11.7 Å². The summed E-state index contributed by atoms with van der Waals surface area (Å²) < 4.78 is 23.5. The lowest BCUT2D eigenvalue weighted by Crippen LogP contribution is -2.38. The van der Waals surface area contributed by atoms with E-state index < -0.39 is 33.5 Å². The van der Waals surface area contributed by atoms with Gasteiger partial charge < -0.3 is 10.4 Å². The summed E-state index contributed by atoms with van der Waals surface area (Å²) >= 11 is 5.72. The lowest BCUT2D eigenvalue weighted by atomic mass is 10.1. The van der Waals surface area contributed by atoms with Crippen LogP contribution >= 0.6 is 11.6 Å². The summed E-state index contributed by atoms with van der Waals surface area (Å²) in [5.41, 5.74) is 0.312. The molecule has 0 spiro atoms. The highest BCUT2D eigenvalue weighted by Crippen LogP contribution is 2.17. The fourth-order valence-electron chi connectivity index (χ4n) is 1.91. The van der Waals surface area contributed by atoms with Crippen molar-refractivity contribution in [3.8, 4) is 0 Å². The fourth-order valence-corrected chi connectivity index (χ4v) is 3.65. The monoisotopic (exact) mass is 347 g/mol. The van der Waals surface area contributed by atoms with Crippen LogP contribution in [-0.2, 0) is 19.4 Å². The Kier molecular flexibility index (Phi) is 6.37. The summed E-state index contributed by atoms with van der Waals surface area (Å²) in [5.74, 6) is -3.09. The van der Waals surface area contributed by atoms with E-state index in [9.17, 15) is 23.1 Å². The molecule has 1 amide bonds. The molecule has 122 valence electrons. The van der Waals surface area contributed by atoms with Crippen LogP contribution in [0.1, 0.15) is 25.5 Å². The first kappa shape index (κ1) is 18.4. The van der Waals surface area contributed by atoms with Crippen molar-refractivity contribution in [1.29, 1.82) is 0 Å². The molecule has 1 rings (SSSR count). The second-order valence-corrected chi connectivity index (χ2v) is 7.88. The number of rotatable bonds is 7. The number of benzene rings is 1. The Morgan fingerprint density at radius 1 is 1.23 bits per heavy atom. The topological polar surface area (TPSA) is 101 Å². The van der Waals surface area contributed by atoms with Crippen molar-refractivity contribution in [1.82, 2.24) is 5.32 Å². The first-order valence-electron chi connectivity index (χ1n) is 6.59. The van der Waals surface area contributed by atoms with Crippen LogP contribution in [-0.4, -0.2) is 36.9 Å². The van der Waals surface area contributed by atoms with E-state index in [1.165, 1.54) is 24.3 Å². The maximum Gasteiger partial charge on any atom is 0.330 e. The summed E-state index contributed by atoms with van der Waals surface area (Å²) in [6.07, 6.45) is 0. The van der Waals surface area contributed by atoms with Gasteiger partial charge in [0.1, 0.15) is 5.75 Å². The minimum absolute atomic E-state index is 0.107. The highest BCUT2D eigenvalue weighted by atomic mass is 35.5. The summed E-state index contributed by atoms with van der Waals surface area (Å²) in [7, 11) is -3.57. The zero-order chi connectivity index (χ0) is 16.9. The highest BCUT2D eigenvalue weighted by molar-refractivity contribution is 7.92. The highest BCUT2D eigenvalue weighted by Gasteiger charge is 2.25. The zero-order valence-corrected chi connectivity index (χ0v) is 13.8. The van der Waals surface area contributed by atoms with Crippen molar-refractivity contribution < 1.29 is 23.1 Å². The Hall–Kier alpha value is -1.60. The maximum absolute atomic E-state index is 11.8. The largest absolute Gasteiger partial charge is 0.479 e. The number of halogens is 1. The number of nitrogens with one attached hydrogen (secondary N) is 1. The van der Waals surface area contributed by atoms with E-state index in [0.29, 0.717) is 10.6 Å². The van der Waals surface area contributed by atoms with Gasteiger partial charge in [-0.05, 0) is 23.6 Å². The molecule has 1 unspecified atom stereocenters. The van der Waals surface area contributed by atoms with Crippen molar-refractivity contribution in [2.45, 2.75) is 19.9 Å². The van der Waals surface area contributed by atoms with Gasteiger partial charge in [0, 0.05) is 5.02 Å². The Bertz CT molecular complexity index is 640. The molecular weight excluding hydrogens is 330 g/mol. The number of aliphatic carboxylic acids is 1. The summed E-state index contributed by atoms with van der Waals surface area (Å²) in [6.45, 7) is 3.45. The molecule has 0 heterocycles. The first-order valence-corrected chi connectivity index (χ1v) is 8.78. The standard InChI is InChI=1S/C14H18ClNO5S/c1-9(2)7-22(20,21)8-12(17)16-13(14(18)19)10-3-5-11(15)6-4-10/h3-6,9,13H,7-8H2,1-2H3,(H,16,17)(H,18,19). The van der Waals surface area contributed by atoms with Crippen molar-refractivity contribution in [3.63, 3.8) is 0 Å². The van der Waals surface area contributed by atoms with E-state index in [4.69, 9.17) is 11.6 Å². The average molecular weight is 348 g/mol. The van der Waals surface area contributed by atoms with Gasteiger partial charge in [-0.1, -0.05) is 37.6 Å². The number of carbonyl (C=O) groups is 2. The molecular formula is C14H18ClNO5S. The third-order valence-electron chi connectivity index (χ3n) is 2.69. The van der Waals surface area contributed by atoms with Crippen molar-refractivity contribution in [3.05, 3.63) is 34.9 Å². The number of carbonyl (C=O) groups excluding carboxylic acids is 1. The Morgan fingerprint density at radius 2 is 1.77 bits per heavy atom. The molecule has 0 saturated heterocycles. The molecule has 0 aliphatic rings. The van der Waals surface area contributed by atoms with Crippen LogP contribution in [0.5, 0.6) is 0 Å². The molecule has 1 aromatic rings. The smallest absolute Gasteiger partial charge is 0.330 e. The normalized spacial score (nSPS) is 12.9. The number of carboxylic acids is 1. The minimum Gasteiger partial charge on any atom is -0.479 e. The van der Waals surface area contributed by atoms with Crippen LogP contribution in [0.15, 0.2) is 24.3 Å². The fraction of sp³-hybridized carbons (Fsp3) is 0.429. The van der Waals surface area contributed by atoms with Crippen LogP contribution in [0.2, 0.25) is 5.02 Å². The molecule has 0 fully saturated rings. The lowest BCUT2D eigenvalue weighted by molar-refractivity contribution is -0.141. The van der Waals surface area contributed by atoms with Gasteiger partial charge in [0.05, 0.1) is 5.75 Å². The Morgan fingerprint density at radius 3 is 2.23 bits per heavy atom. The predicted octanol–water partition coefficient (Wildman–Crippen LogP) is 1.65. The van der Waals surface area contributed by atoms with Crippen LogP contribution in [0, 0.1) is 5.92 Å². The van der Waals surface area contributed by atoms with Crippen LogP contribution < -0.4 is 5.32 Å². The molecule has 22 heavy (non-hydrogen) atoms. The second-order valence-electron chi connectivity index (χ2n) is 5.34. The summed E-state index contributed by atoms with van der Waals surface area (Å²) in [6, 6.07) is 4.59. The Balaban J connectivity index is 2.82. The van der Waals surface area contributed by atoms with E-state index in [1.807, 2.05) is 0 Å². The van der Waals surface area contributed by atoms with E-state index in [1.54, 1.807) is 13.8 Å². The summed E-state index contributed by atoms with van der Waals surface area (Å²) in [5, 5.41) is 11.8. The van der Waals surface area contributed by atoms with Crippen LogP contribution in [0.25, 0.3) is 0 Å². The molecule has 8 heteroatoms. The molecule has 0 aliphatic heterocycles. The van der Waals surface area contributed by atoms with Gasteiger partial charge in [0.2, 0.25) is 5.91 Å². The van der Waals surface area contributed by atoms with Gasteiger partial charge in [-0.25, -0.2) is 13.2 Å². The van der Waals surface area contributed by atoms with E-state index in [0.717, 1.165) is 0 Å². The van der Waals surface area contributed by atoms with Crippen LogP contribution in [0.4, 0.5) is 0 Å². The van der Waals surface area contributed by atoms with Gasteiger partial charge in [0.25, 0.3) is 0 Å². The third kappa shape index (κ3) is 6.03. The van der Waals surface area contributed by atoms with Gasteiger partial charge >= 0.3 is 5.97 Å². The number of sulfone groups is 1. The van der Waals surface area contributed by atoms with Crippen molar-refractivity contribution in [2.24, 2.45) is 5.92 Å². The minimum atomic E-state index is -3.57. The molecule has 0 bridgehead atoms. The van der Waals surface area contributed by atoms with E-state index in [2.05, 4.69) is 5.32 Å². The number of hydrogen-bond acceptors (Lipinski definition) is 4. The van der Waals surface area contributed by atoms with Gasteiger partial charge in [0.15, 0.2) is 15.9 Å². The van der Waals surface area contributed by atoms with Crippen LogP contribution in [0.3, 0.4) is 0 Å². The molecule has 0 aliphatic carbocycles. The predicted molar refractivity (Wildman–Crippen MR) is 83.5 cm³/mol. The Labute approximate surface area is 134 Å². The van der Waals surface area contributed by atoms with Gasteiger partial charge in [-0.3, -0.25) is 4.79 Å². The number of amides is 1. The molecule has 2 N–H and O–H groups in total. The maximum atomic E-state index is 11.8. The van der Waals surface area contributed by atoms with Crippen molar-refractivity contribution in [2.75, 3.05) is 11.5 Å². The van der Waals surface area contributed by atoms with Gasteiger partial charge in [-0.15, -0.1) is 0 Å². The number of hydrogen-bond donors (Lipinski definition) is 2. The second kappa shape index (κ2) is 7.60. The molecule has 1 atom stereocenters. The van der Waals surface area contributed by atoms with E-state index >= 15 is 0 Å². The molecule has 6 nitrogen and oxygen atoms in total. The molecule has 0 radical (unpaired) electrons. The average Bonchev–Trinajstić information content (AvgIpc) is 2.34. The first-order chi connectivity index (χ1) is 10.1. The SMILES string of the molecule is CC(C)CS(=O)(=O)CC(=O)NC(C(=O)O)c1ccc(Cl)cc1. The van der Waals surface area contributed by atoms with Gasteiger partial charge in [-0.2, -0.15) is 0 Å².